The van der Waals surface area contributed by atoms with Gasteiger partial charge in [0, 0.05) is 0 Å². The van der Waals surface area contributed by atoms with Gasteiger partial charge in [0.25, 0.3) is 0 Å². The maximum atomic E-state index is 12.5. The average Bonchev–Trinajstić information content (AvgIpc) is 2.37. The summed E-state index contributed by atoms with van der Waals surface area (Å²) < 4.78 is 23.0. The first-order valence-corrected chi connectivity index (χ1v) is 6.93. The molecule has 4 heteroatoms. The van der Waals surface area contributed by atoms with Crippen LogP contribution < -0.4 is 0 Å². The van der Waals surface area contributed by atoms with Gasteiger partial charge >= 0.3 is 7.60 Å². The molecule has 0 bridgehead atoms. The molecule has 0 aliphatic rings. The van der Waals surface area contributed by atoms with Crippen molar-refractivity contribution in [3.8, 4) is 0 Å². The summed E-state index contributed by atoms with van der Waals surface area (Å²) in [5.41, 5.74) is 0.758. The van der Waals surface area contributed by atoms with Crippen molar-refractivity contribution in [1.29, 1.82) is 0 Å². The highest BCUT2D eigenvalue weighted by molar-refractivity contribution is 7.65. The highest BCUT2D eigenvalue weighted by Gasteiger charge is 2.28. The lowest BCUT2D eigenvalue weighted by atomic mass is 10.2. The van der Waals surface area contributed by atoms with Crippen LogP contribution in [0.25, 0.3) is 5.31 Å². The SMILES string of the molecule is C=CCOP(=O)(OCC)C(=C)c1ccccc1. The lowest BCUT2D eigenvalue weighted by molar-refractivity contribution is 0.239. The van der Waals surface area contributed by atoms with Gasteiger partial charge in [-0.3, -0.25) is 4.57 Å². The molecule has 1 rings (SSSR count). The van der Waals surface area contributed by atoms with E-state index in [9.17, 15) is 4.57 Å². The quantitative estimate of drug-likeness (QED) is 0.541. The smallest absolute Gasteiger partial charge is 0.305 e. The molecule has 1 aromatic carbocycles. The van der Waals surface area contributed by atoms with Gasteiger partial charge in [0.05, 0.1) is 18.5 Å². The molecular weight excluding hydrogens is 235 g/mol. The fourth-order valence-corrected chi connectivity index (χ4v) is 2.80. The Bertz CT molecular complexity index is 426. The van der Waals surface area contributed by atoms with Gasteiger partial charge < -0.3 is 9.05 Å². The maximum Gasteiger partial charge on any atom is 0.361 e. The molecule has 0 fully saturated rings. The Morgan fingerprint density at radius 2 is 2.00 bits per heavy atom. The van der Waals surface area contributed by atoms with Crippen LogP contribution in [0, 0.1) is 0 Å². The maximum absolute atomic E-state index is 12.5. The summed E-state index contributed by atoms with van der Waals surface area (Å²) in [6.07, 6.45) is 1.53. The molecule has 17 heavy (non-hydrogen) atoms. The molecule has 0 saturated heterocycles. The molecule has 1 atom stereocenters. The zero-order valence-corrected chi connectivity index (χ0v) is 10.9. The van der Waals surface area contributed by atoms with Gasteiger partial charge in [-0.2, -0.15) is 0 Å². The highest BCUT2D eigenvalue weighted by atomic mass is 31.2. The lowest BCUT2D eigenvalue weighted by Crippen LogP contribution is -1.98. The van der Waals surface area contributed by atoms with Gasteiger partial charge in [-0.05, 0) is 12.5 Å². The van der Waals surface area contributed by atoms with Crippen molar-refractivity contribution in [3.05, 3.63) is 55.1 Å². The van der Waals surface area contributed by atoms with E-state index < -0.39 is 7.60 Å². The van der Waals surface area contributed by atoms with Crippen LogP contribution >= 0.6 is 7.60 Å². The van der Waals surface area contributed by atoms with Crippen LogP contribution in [0.15, 0.2) is 49.6 Å². The second kappa shape index (κ2) is 6.55. The second-order valence-corrected chi connectivity index (χ2v) is 5.36. The summed E-state index contributed by atoms with van der Waals surface area (Å²) in [7, 11) is -3.31. The van der Waals surface area contributed by atoms with E-state index in [-0.39, 0.29) is 6.61 Å². The molecular formula is C13H17O3P. The molecule has 3 nitrogen and oxygen atoms in total. The average molecular weight is 252 g/mol. The zero-order chi connectivity index (χ0) is 12.7. The van der Waals surface area contributed by atoms with E-state index >= 15 is 0 Å². The number of rotatable bonds is 7. The summed E-state index contributed by atoms with van der Waals surface area (Å²) >= 11 is 0. The molecule has 0 heterocycles. The Hall–Kier alpha value is -1.15. The van der Waals surface area contributed by atoms with Crippen LogP contribution in [-0.4, -0.2) is 13.2 Å². The Labute approximate surface area is 102 Å². The van der Waals surface area contributed by atoms with E-state index in [2.05, 4.69) is 13.2 Å². The first kappa shape index (κ1) is 13.9. The molecule has 1 aromatic rings. The van der Waals surface area contributed by atoms with Crippen LogP contribution in [0.3, 0.4) is 0 Å². The van der Waals surface area contributed by atoms with Crippen LogP contribution in [0.4, 0.5) is 0 Å². The van der Waals surface area contributed by atoms with Crippen molar-refractivity contribution in [2.75, 3.05) is 13.2 Å². The predicted octanol–water partition coefficient (Wildman–Crippen LogP) is 4.09. The third-order valence-corrected chi connectivity index (χ3v) is 4.11. The Morgan fingerprint density at radius 3 is 2.53 bits per heavy atom. The summed E-state index contributed by atoms with van der Waals surface area (Å²) in [6, 6.07) is 9.23. The molecule has 0 N–H and O–H groups in total. The van der Waals surface area contributed by atoms with Crippen molar-refractivity contribution in [2.24, 2.45) is 0 Å². The summed E-state index contributed by atoms with van der Waals surface area (Å²) in [5, 5.41) is 0.377. The largest absolute Gasteiger partial charge is 0.361 e. The monoisotopic (exact) mass is 252 g/mol. The molecule has 0 radical (unpaired) electrons. The summed E-state index contributed by atoms with van der Waals surface area (Å²) in [4.78, 5) is 0. The first-order chi connectivity index (χ1) is 8.14. The van der Waals surface area contributed by atoms with Crippen molar-refractivity contribution in [1.82, 2.24) is 0 Å². The topological polar surface area (TPSA) is 35.5 Å². The number of hydrogen-bond acceptors (Lipinski definition) is 3. The van der Waals surface area contributed by atoms with Crippen molar-refractivity contribution in [3.63, 3.8) is 0 Å². The molecule has 1 unspecified atom stereocenters. The summed E-state index contributed by atoms with van der Waals surface area (Å²) in [6.45, 7) is 9.59. The van der Waals surface area contributed by atoms with Crippen LogP contribution in [0.1, 0.15) is 12.5 Å². The van der Waals surface area contributed by atoms with E-state index in [0.29, 0.717) is 11.9 Å². The first-order valence-electron chi connectivity index (χ1n) is 5.39. The minimum atomic E-state index is -3.31. The second-order valence-electron chi connectivity index (χ2n) is 3.31. The Kier molecular flexibility index (Phi) is 5.36. The Morgan fingerprint density at radius 1 is 1.35 bits per heavy atom. The van der Waals surface area contributed by atoms with E-state index in [1.807, 2.05) is 30.3 Å². The minimum absolute atomic E-state index is 0.170. The van der Waals surface area contributed by atoms with Gasteiger partial charge in [0.15, 0.2) is 0 Å². The summed E-state index contributed by atoms with van der Waals surface area (Å²) in [5.74, 6) is 0. The van der Waals surface area contributed by atoms with Gasteiger partial charge in [-0.25, -0.2) is 0 Å². The Balaban J connectivity index is 2.95. The number of hydrogen-bond donors (Lipinski definition) is 0. The van der Waals surface area contributed by atoms with E-state index in [4.69, 9.17) is 9.05 Å². The third kappa shape index (κ3) is 3.67. The van der Waals surface area contributed by atoms with Crippen LogP contribution in [0.5, 0.6) is 0 Å². The van der Waals surface area contributed by atoms with Crippen LogP contribution in [0.2, 0.25) is 0 Å². The molecule has 0 aromatic heterocycles. The van der Waals surface area contributed by atoms with E-state index in [1.165, 1.54) is 6.08 Å². The zero-order valence-electron chi connectivity index (χ0n) is 9.96. The molecule has 92 valence electrons. The fourth-order valence-electron chi connectivity index (χ4n) is 1.30. The normalized spacial score (nSPS) is 13.9. The predicted molar refractivity (Wildman–Crippen MR) is 70.9 cm³/mol. The fraction of sp³-hybridized carbons (Fsp3) is 0.231. The standard InChI is InChI=1S/C13H17O3P/c1-4-11-16-17(14,15-5-2)12(3)13-9-7-6-8-10-13/h4,6-10H,1,3,5,11H2,2H3. The van der Waals surface area contributed by atoms with Crippen molar-refractivity contribution in [2.45, 2.75) is 6.92 Å². The third-order valence-electron chi connectivity index (χ3n) is 2.10. The van der Waals surface area contributed by atoms with E-state index in [0.717, 1.165) is 5.56 Å². The van der Waals surface area contributed by atoms with Crippen molar-refractivity contribution < 1.29 is 13.6 Å². The van der Waals surface area contributed by atoms with Gasteiger partial charge in [-0.1, -0.05) is 43.0 Å². The van der Waals surface area contributed by atoms with Gasteiger partial charge in [-0.15, -0.1) is 6.58 Å². The van der Waals surface area contributed by atoms with Gasteiger partial charge in [0.2, 0.25) is 0 Å². The van der Waals surface area contributed by atoms with Gasteiger partial charge in [0.1, 0.15) is 0 Å². The molecule has 0 amide bonds. The lowest BCUT2D eigenvalue weighted by Gasteiger charge is -2.19. The number of benzene rings is 1. The van der Waals surface area contributed by atoms with E-state index in [1.54, 1.807) is 6.92 Å². The molecule has 0 aliphatic heterocycles. The molecule has 0 spiro atoms. The van der Waals surface area contributed by atoms with Crippen molar-refractivity contribution >= 4 is 12.9 Å². The highest BCUT2D eigenvalue weighted by Crippen LogP contribution is 2.59. The van der Waals surface area contributed by atoms with Crippen LogP contribution in [-0.2, 0) is 13.6 Å². The minimum Gasteiger partial charge on any atom is -0.305 e. The molecule has 0 aliphatic carbocycles. The molecule has 0 saturated carbocycles.